The van der Waals surface area contributed by atoms with Gasteiger partial charge in [0, 0.05) is 30.9 Å². The molecule has 2 aliphatic rings. The zero-order chi connectivity index (χ0) is 24.5. The van der Waals surface area contributed by atoms with E-state index in [4.69, 9.17) is 10.5 Å². The monoisotopic (exact) mass is 487 g/mol. The number of nitrogens with one attached hydrogen (secondary N) is 1. The van der Waals surface area contributed by atoms with E-state index in [9.17, 15) is 10.1 Å². The van der Waals surface area contributed by atoms with Gasteiger partial charge in [-0.2, -0.15) is 5.26 Å². The van der Waals surface area contributed by atoms with E-state index in [0.717, 1.165) is 40.3 Å². The van der Waals surface area contributed by atoms with Crippen LogP contribution in [0, 0.1) is 11.3 Å². The number of thiazole rings is 1. The summed E-state index contributed by atoms with van der Waals surface area (Å²) in [5, 5.41) is 13.7. The number of nitriles is 1. The molecule has 0 spiro atoms. The largest absolute Gasteiger partial charge is 0.490 e. The lowest BCUT2D eigenvalue weighted by molar-refractivity contribution is 0.204. The van der Waals surface area contributed by atoms with Crippen molar-refractivity contribution in [1.29, 1.82) is 5.26 Å². The second-order valence-corrected chi connectivity index (χ2v) is 10.5. The molecular weight excluding hydrogens is 458 g/mol. The van der Waals surface area contributed by atoms with Crippen LogP contribution in [0.3, 0.4) is 0 Å². The minimum absolute atomic E-state index is 0.00105. The van der Waals surface area contributed by atoms with Crippen molar-refractivity contribution in [3.05, 3.63) is 59.3 Å². The zero-order valence-corrected chi connectivity index (χ0v) is 20.8. The van der Waals surface area contributed by atoms with Gasteiger partial charge in [0.1, 0.15) is 16.8 Å². The number of carbonyl (C=O) groups excluding carboxylic acids is 1. The van der Waals surface area contributed by atoms with Crippen LogP contribution in [0.1, 0.15) is 49.4 Å². The lowest BCUT2D eigenvalue weighted by Crippen LogP contribution is -2.41. The third-order valence-corrected chi connectivity index (χ3v) is 7.64. The van der Waals surface area contributed by atoms with Gasteiger partial charge >= 0.3 is 6.03 Å². The van der Waals surface area contributed by atoms with Crippen LogP contribution >= 0.6 is 11.3 Å². The number of hydrogen-bond donors (Lipinski definition) is 2. The standard InChI is InChI=1S/C27H29N5O2S/c1-16(2)34-24-9-6-17(12-18(24)13-28)26-30-14-25(35-26)22-5-3-4-21-20(22)7-8-23(21)31-27(33)32-11-10-19(29)15-32/h3-6,9,12,14,16,19,23H,7-8,10-11,15,29H2,1-2H3,(H,31,33)/t19-,23-/m0/s1. The molecule has 2 heterocycles. The quantitative estimate of drug-likeness (QED) is 0.534. The fraction of sp³-hybridized carbons (Fsp3) is 0.370. The first-order valence-electron chi connectivity index (χ1n) is 12.0. The van der Waals surface area contributed by atoms with E-state index in [0.29, 0.717) is 24.4 Å². The Balaban J connectivity index is 1.37. The van der Waals surface area contributed by atoms with Crippen LogP contribution < -0.4 is 15.8 Å². The zero-order valence-electron chi connectivity index (χ0n) is 20.0. The molecule has 35 heavy (non-hydrogen) atoms. The van der Waals surface area contributed by atoms with Crippen molar-refractivity contribution < 1.29 is 9.53 Å². The van der Waals surface area contributed by atoms with Gasteiger partial charge in [-0.15, -0.1) is 11.3 Å². The smallest absolute Gasteiger partial charge is 0.317 e. The number of aromatic nitrogens is 1. The molecule has 1 fully saturated rings. The van der Waals surface area contributed by atoms with Crippen molar-refractivity contribution in [1.82, 2.24) is 15.2 Å². The van der Waals surface area contributed by atoms with Crippen molar-refractivity contribution in [3.63, 3.8) is 0 Å². The van der Waals surface area contributed by atoms with Gasteiger partial charge in [-0.05, 0) is 68.0 Å². The second kappa shape index (κ2) is 9.68. The lowest BCUT2D eigenvalue weighted by atomic mass is 10.0. The summed E-state index contributed by atoms with van der Waals surface area (Å²) in [6.45, 7) is 5.22. The third-order valence-electron chi connectivity index (χ3n) is 6.56. The average Bonchev–Trinajstić information content (AvgIpc) is 3.59. The Morgan fingerprint density at radius 3 is 2.91 bits per heavy atom. The number of nitrogens with two attached hydrogens (primary N) is 1. The number of urea groups is 1. The van der Waals surface area contributed by atoms with Crippen molar-refractivity contribution in [2.45, 2.75) is 51.3 Å². The summed E-state index contributed by atoms with van der Waals surface area (Å²) in [5.41, 5.74) is 11.0. The number of likely N-dealkylation sites (tertiary alicyclic amines) is 1. The van der Waals surface area contributed by atoms with Gasteiger partial charge in [-0.3, -0.25) is 0 Å². The number of rotatable bonds is 5. The van der Waals surface area contributed by atoms with Crippen molar-refractivity contribution in [2.75, 3.05) is 13.1 Å². The van der Waals surface area contributed by atoms with Crippen LogP contribution in [-0.2, 0) is 6.42 Å². The SMILES string of the molecule is CC(C)Oc1ccc(-c2ncc(-c3cccc4c3CC[C@@H]4NC(=O)N3CC[C@H](N)C3)s2)cc1C#N. The fourth-order valence-electron chi connectivity index (χ4n) is 4.89. The van der Waals surface area contributed by atoms with Crippen molar-refractivity contribution in [2.24, 2.45) is 5.73 Å². The molecule has 0 saturated carbocycles. The number of amides is 2. The molecule has 0 bridgehead atoms. The number of benzene rings is 2. The van der Waals surface area contributed by atoms with Gasteiger partial charge in [0.25, 0.3) is 0 Å². The second-order valence-electron chi connectivity index (χ2n) is 9.43. The Bertz CT molecular complexity index is 1290. The third kappa shape index (κ3) is 4.75. The van der Waals surface area contributed by atoms with Gasteiger partial charge < -0.3 is 20.7 Å². The van der Waals surface area contributed by atoms with E-state index in [1.54, 1.807) is 11.3 Å². The van der Waals surface area contributed by atoms with Crippen LogP contribution in [0.2, 0.25) is 0 Å². The summed E-state index contributed by atoms with van der Waals surface area (Å²) in [5.74, 6) is 0.591. The number of hydrogen-bond acceptors (Lipinski definition) is 6. The van der Waals surface area contributed by atoms with E-state index in [1.165, 1.54) is 11.1 Å². The maximum Gasteiger partial charge on any atom is 0.317 e. The molecule has 7 nitrogen and oxygen atoms in total. The summed E-state index contributed by atoms with van der Waals surface area (Å²) in [7, 11) is 0. The fourth-order valence-corrected chi connectivity index (χ4v) is 5.85. The summed E-state index contributed by atoms with van der Waals surface area (Å²) in [6.07, 6.45) is 4.55. The van der Waals surface area contributed by atoms with Gasteiger partial charge in [-0.25, -0.2) is 9.78 Å². The van der Waals surface area contributed by atoms with Gasteiger partial charge in [0.15, 0.2) is 0 Å². The van der Waals surface area contributed by atoms with Gasteiger partial charge in [0.2, 0.25) is 0 Å². The molecule has 8 heteroatoms. The Hall–Kier alpha value is -3.41. The topological polar surface area (TPSA) is 104 Å². The molecule has 0 unspecified atom stereocenters. The summed E-state index contributed by atoms with van der Waals surface area (Å²) >= 11 is 1.61. The van der Waals surface area contributed by atoms with Crippen LogP contribution in [-0.4, -0.2) is 41.2 Å². The highest BCUT2D eigenvalue weighted by atomic mass is 32.1. The Morgan fingerprint density at radius 1 is 1.31 bits per heavy atom. The first kappa shape index (κ1) is 23.3. The highest BCUT2D eigenvalue weighted by Gasteiger charge is 2.30. The molecule has 180 valence electrons. The summed E-state index contributed by atoms with van der Waals surface area (Å²) < 4.78 is 5.75. The average molecular weight is 488 g/mol. The number of carbonyl (C=O) groups is 1. The molecule has 3 aromatic rings. The molecule has 1 aliphatic carbocycles. The number of ether oxygens (including phenoxy) is 1. The highest BCUT2D eigenvalue weighted by Crippen LogP contribution is 2.41. The molecule has 2 atom stereocenters. The lowest BCUT2D eigenvalue weighted by Gasteiger charge is -2.21. The van der Waals surface area contributed by atoms with Crippen molar-refractivity contribution >= 4 is 17.4 Å². The maximum atomic E-state index is 12.7. The predicted molar refractivity (Wildman–Crippen MR) is 137 cm³/mol. The molecule has 2 aromatic carbocycles. The molecule has 1 saturated heterocycles. The van der Waals surface area contributed by atoms with Crippen LogP contribution in [0.15, 0.2) is 42.6 Å². The molecule has 5 rings (SSSR count). The maximum absolute atomic E-state index is 12.7. The summed E-state index contributed by atoms with van der Waals surface area (Å²) in [6, 6.07) is 14.2. The van der Waals surface area contributed by atoms with E-state index in [1.807, 2.05) is 43.1 Å². The van der Waals surface area contributed by atoms with E-state index in [-0.39, 0.29) is 24.2 Å². The summed E-state index contributed by atoms with van der Waals surface area (Å²) in [4.78, 5) is 20.3. The Morgan fingerprint density at radius 2 is 2.17 bits per heavy atom. The highest BCUT2D eigenvalue weighted by molar-refractivity contribution is 7.18. The van der Waals surface area contributed by atoms with Gasteiger partial charge in [0.05, 0.1) is 22.6 Å². The van der Waals surface area contributed by atoms with E-state index < -0.39 is 0 Å². The molecule has 1 aromatic heterocycles. The van der Waals surface area contributed by atoms with E-state index in [2.05, 4.69) is 34.6 Å². The molecule has 3 N–H and O–H groups in total. The molecule has 2 amide bonds. The van der Waals surface area contributed by atoms with Crippen LogP contribution in [0.25, 0.3) is 21.0 Å². The molecule has 0 radical (unpaired) electrons. The number of fused-ring (bicyclic) bond motifs is 1. The first-order valence-corrected chi connectivity index (χ1v) is 12.8. The number of nitrogens with zero attached hydrogens (tertiary/aromatic N) is 3. The van der Waals surface area contributed by atoms with Crippen LogP contribution in [0.4, 0.5) is 4.79 Å². The predicted octanol–water partition coefficient (Wildman–Crippen LogP) is 4.87. The van der Waals surface area contributed by atoms with E-state index >= 15 is 0 Å². The van der Waals surface area contributed by atoms with Gasteiger partial charge in [-0.1, -0.05) is 18.2 Å². The molecule has 1 aliphatic heterocycles. The van der Waals surface area contributed by atoms with Crippen molar-refractivity contribution in [3.8, 4) is 32.8 Å². The Kier molecular flexibility index (Phi) is 6.46. The first-order chi connectivity index (χ1) is 16.9. The minimum atomic E-state index is -0.0283. The normalized spacial score (nSPS) is 19.0. The van der Waals surface area contributed by atoms with Crippen LogP contribution in [0.5, 0.6) is 5.75 Å². The molecular formula is C27H29N5O2S. The minimum Gasteiger partial charge on any atom is -0.490 e. The Labute approximate surface area is 209 Å².